The number of thiocarbonyl (C=S) groups is 1. The number of carbonyl (C=O) groups excluding carboxylic acids is 1. The normalized spacial score (nSPS) is 11.1. The second-order valence-corrected chi connectivity index (χ2v) is 10.6. The summed E-state index contributed by atoms with van der Waals surface area (Å²) in [5.74, 6) is -0.0621. The van der Waals surface area contributed by atoms with Gasteiger partial charge in [0.1, 0.15) is 12.4 Å². The van der Waals surface area contributed by atoms with E-state index in [1.54, 1.807) is 37.4 Å². The lowest BCUT2D eigenvalue weighted by Crippen LogP contribution is -2.34. The number of methoxy groups -OCH3 is 1. The van der Waals surface area contributed by atoms with Crippen LogP contribution in [0.15, 0.2) is 82.2 Å². The summed E-state index contributed by atoms with van der Waals surface area (Å²) < 4.78 is 39.1. The van der Waals surface area contributed by atoms with Crippen LogP contribution in [0, 0.1) is 0 Å². The van der Waals surface area contributed by atoms with Crippen LogP contribution in [0.25, 0.3) is 0 Å². The van der Waals surface area contributed by atoms with Crippen LogP contribution in [0.3, 0.4) is 0 Å². The summed E-state index contributed by atoms with van der Waals surface area (Å²) in [5, 5.41) is 5.55. The molecule has 0 spiro atoms. The Morgan fingerprint density at radius 1 is 1.00 bits per heavy atom. The molecule has 0 bridgehead atoms. The average Bonchev–Trinajstić information content (AvgIpc) is 2.86. The zero-order valence-corrected chi connectivity index (χ0v) is 22.7. The number of hydrogen-bond acceptors (Lipinski definition) is 6. The highest BCUT2D eigenvalue weighted by molar-refractivity contribution is 9.10. The minimum Gasteiger partial charge on any atom is -0.490 e. The van der Waals surface area contributed by atoms with Gasteiger partial charge in [0.2, 0.25) is 10.0 Å². The van der Waals surface area contributed by atoms with Gasteiger partial charge < -0.3 is 14.8 Å². The Morgan fingerprint density at radius 2 is 1.72 bits per heavy atom. The van der Waals surface area contributed by atoms with Gasteiger partial charge in [-0.2, -0.15) is 0 Å². The molecule has 0 atom stereocenters. The maximum atomic E-state index is 12.8. The van der Waals surface area contributed by atoms with Gasteiger partial charge >= 0.3 is 0 Å². The van der Waals surface area contributed by atoms with Gasteiger partial charge in [-0.1, -0.05) is 46.3 Å². The Balaban J connectivity index is 1.56. The molecule has 0 aliphatic carbocycles. The molecule has 8 nitrogen and oxygen atoms in total. The smallest absolute Gasteiger partial charge is 0.261 e. The fourth-order valence-electron chi connectivity index (χ4n) is 3.15. The summed E-state index contributed by atoms with van der Waals surface area (Å²) in [6.45, 7) is 0.956. The van der Waals surface area contributed by atoms with Crippen molar-refractivity contribution < 1.29 is 22.7 Å². The van der Waals surface area contributed by atoms with Gasteiger partial charge in [0.15, 0.2) is 5.11 Å². The maximum absolute atomic E-state index is 12.8. The zero-order valence-electron chi connectivity index (χ0n) is 19.5. The van der Waals surface area contributed by atoms with E-state index in [1.165, 1.54) is 12.1 Å². The fraction of sp³-hybridized carbons (Fsp3) is 0.200. The molecule has 3 aromatic carbocycles. The average molecular weight is 593 g/mol. The number of ether oxygens (including phenoxy) is 2. The van der Waals surface area contributed by atoms with E-state index in [0.29, 0.717) is 34.5 Å². The van der Waals surface area contributed by atoms with Crippen molar-refractivity contribution >= 4 is 54.9 Å². The summed E-state index contributed by atoms with van der Waals surface area (Å²) in [5.41, 5.74) is 1.87. The number of anilines is 1. The Hall–Kier alpha value is -2.83. The first-order valence-corrected chi connectivity index (χ1v) is 13.6. The SMILES string of the molecule is COCCOc1ccc(Br)cc1C(=O)NC(=S)Nc1ccc(S(=O)(=O)NCCc2ccccc2)cc1. The summed E-state index contributed by atoms with van der Waals surface area (Å²) in [6, 6.07) is 20.8. The molecular formula is C25H26BrN3O5S2. The van der Waals surface area contributed by atoms with Crippen molar-refractivity contribution in [3.05, 3.63) is 88.4 Å². The Labute approximate surface area is 224 Å². The molecule has 1 amide bonds. The molecule has 0 radical (unpaired) electrons. The van der Waals surface area contributed by atoms with Gasteiger partial charge in [-0.3, -0.25) is 10.1 Å². The Bertz CT molecular complexity index is 1290. The first-order valence-electron chi connectivity index (χ1n) is 11.0. The number of hydrogen-bond donors (Lipinski definition) is 3. The molecule has 3 N–H and O–H groups in total. The molecule has 0 fully saturated rings. The lowest BCUT2D eigenvalue weighted by Gasteiger charge is -2.14. The highest BCUT2D eigenvalue weighted by atomic mass is 79.9. The van der Waals surface area contributed by atoms with E-state index < -0.39 is 15.9 Å². The van der Waals surface area contributed by atoms with Gasteiger partial charge in [-0.25, -0.2) is 13.1 Å². The van der Waals surface area contributed by atoms with Crippen LogP contribution < -0.4 is 20.1 Å². The largest absolute Gasteiger partial charge is 0.490 e. The molecule has 0 aromatic heterocycles. The molecule has 11 heteroatoms. The standard InChI is InChI=1S/C25H26BrN3O5S2/c1-33-15-16-34-23-12-7-19(26)17-22(23)24(30)29-25(35)28-20-8-10-21(11-9-20)36(31,32)27-14-13-18-5-3-2-4-6-18/h2-12,17,27H,13-16H2,1H3,(H2,28,29,30,35). The van der Waals surface area contributed by atoms with E-state index in [-0.39, 0.29) is 23.2 Å². The van der Waals surface area contributed by atoms with Crippen molar-refractivity contribution in [2.75, 3.05) is 32.2 Å². The number of amides is 1. The predicted molar refractivity (Wildman–Crippen MR) is 147 cm³/mol. The summed E-state index contributed by atoms with van der Waals surface area (Å²) in [7, 11) is -2.09. The first-order chi connectivity index (χ1) is 17.3. The van der Waals surface area contributed by atoms with Crippen LogP contribution >= 0.6 is 28.1 Å². The van der Waals surface area contributed by atoms with Gasteiger partial charge in [0.05, 0.1) is 17.1 Å². The van der Waals surface area contributed by atoms with Crippen LogP contribution in [0.5, 0.6) is 5.75 Å². The van der Waals surface area contributed by atoms with Crippen molar-refractivity contribution in [2.24, 2.45) is 0 Å². The van der Waals surface area contributed by atoms with E-state index in [2.05, 4.69) is 31.3 Å². The maximum Gasteiger partial charge on any atom is 0.261 e. The number of sulfonamides is 1. The van der Waals surface area contributed by atoms with E-state index >= 15 is 0 Å². The van der Waals surface area contributed by atoms with Gasteiger partial charge in [0, 0.05) is 23.8 Å². The molecule has 0 aliphatic rings. The third-order valence-corrected chi connectivity index (χ3v) is 7.10. The molecule has 0 heterocycles. The minimum atomic E-state index is -3.66. The van der Waals surface area contributed by atoms with Gasteiger partial charge in [-0.05, 0) is 66.7 Å². The first kappa shape index (κ1) is 27.8. The van der Waals surface area contributed by atoms with E-state index in [9.17, 15) is 13.2 Å². The van der Waals surface area contributed by atoms with Crippen molar-refractivity contribution in [1.29, 1.82) is 0 Å². The number of nitrogens with one attached hydrogen (secondary N) is 3. The van der Waals surface area contributed by atoms with E-state index in [0.717, 1.165) is 5.56 Å². The van der Waals surface area contributed by atoms with Crippen LogP contribution in [0.1, 0.15) is 15.9 Å². The molecule has 0 unspecified atom stereocenters. The van der Waals surface area contributed by atoms with Gasteiger partial charge in [0.25, 0.3) is 5.91 Å². The lowest BCUT2D eigenvalue weighted by atomic mass is 10.2. The molecular weight excluding hydrogens is 566 g/mol. The fourth-order valence-corrected chi connectivity index (χ4v) is 4.75. The molecule has 190 valence electrons. The summed E-state index contributed by atoms with van der Waals surface area (Å²) in [4.78, 5) is 12.9. The van der Waals surface area contributed by atoms with Crippen LogP contribution in [0.4, 0.5) is 5.69 Å². The second kappa shape index (κ2) is 13.5. The number of carbonyl (C=O) groups is 1. The monoisotopic (exact) mass is 591 g/mol. The van der Waals surface area contributed by atoms with E-state index in [1.807, 2.05) is 30.3 Å². The van der Waals surface area contributed by atoms with Crippen molar-refractivity contribution in [1.82, 2.24) is 10.0 Å². The number of rotatable bonds is 11. The molecule has 0 saturated heterocycles. The predicted octanol–water partition coefficient (Wildman–Crippen LogP) is 4.12. The third-order valence-electron chi connectivity index (χ3n) is 4.93. The number of benzene rings is 3. The van der Waals surface area contributed by atoms with Crippen LogP contribution in [-0.4, -0.2) is 46.3 Å². The zero-order chi connectivity index (χ0) is 26.0. The Morgan fingerprint density at radius 3 is 2.42 bits per heavy atom. The van der Waals surface area contributed by atoms with Crippen molar-refractivity contribution in [3.8, 4) is 5.75 Å². The van der Waals surface area contributed by atoms with Gasteiger partial charge in [-0.15, -0.1) is 0 Å². The highest BCUT2D eigenvalue weighted by Gasteiger charge is 2.16. The second-order valence-electron chi connectivity index (χ2n) is 7.55. The molecule has 36 heavy (non-hydrogen) atoms. The third kappa shape index (κ3) is 8.38. The topological polar surface area (TPSA) is 106 Å². The lowest BCUT2D eigenvalue weighted by molar-refractivity contribution is 0.0969. The van der Waals surface area contributed by atoms with E-state index in [4.69, 9.17) is 21.7 Å². The number of halogens is 1. The van der Waals surface area contributed by atoms with Crippen molar-refractivity contribution in [2.45, 2.75) is 11.3 Å². The quantitative estimate of drug-likeness (QED) is 0.227. The highest BCUT2D eigenvalue weighted by Crippen LogP contribution is 2.23. The molecule has 0 saturated carbocycles. The summed E-state index contributed by atoms with van der Waals surface area (Å²) >= 11 is 8.61. The Kier molecular flexibility index (Phi) is 10.4. The van der Waals surface area contributed by atoms with Crippen molar-refractivity contribution in [3.63, 3.8) is 0 Å². The van der Waals surface area contributed by atoms with Crippen LogP contribution in [-0.2, 0) is 21.2 Å². The van der Waals surface area contributed by atoms with Crippen LogP contribution in [0.2, 0.25) is 0 Å². The molecule has 3 rings (SSSR count). The minimum absolute atomic E-state index is 0.0550. The molecule has 3 aromatic rings. The molecule has 0 aliphatic heterocycles. The summed E-state index contributed by atoms with van der Waals surface area (Å²) in [6.07, 6.45) is 0.588.